The monoisotopic (exact) mass is 310 g/mol. The van der Waals surface area contributed by atoms with Crippen LogP contribution < -0.4 is 15.8 Å². The van der Waals surface area contributed by atoms with Crippen LogP contribution in [-0.2, 0) is 4.79 Å². The molecule has 1 amide bonds. The summed E-state index contributed by atoms with van der Waals surface area (Å²) in [4.78, 5) is 11.8. The molecule has 3 N–H and O–H groups in total. The molecular weight excluding hydrogens is 299 g/mol. The number of hydrogen-bond donors (Lipinski definition) is 2. The molecule has 2 rings (SSSR count). The Hall–Kier alpha value is -1.91. The zero-order valence-corrected chi connectivity index (χ0v) is 11.9. The number of para-hydroxylation sites is 2. The fourth-order valence-corrected chi connectivity index (χ4v) is 1.98. The summed E-state index contributed by atoms with van der Waals surface area (Å²) in [5.74, 6) is -0.0547. The molecule has 0 aliphatic rings. The van der Waals surface area contributed by atoms with E-state index in [2.05, 4.69) is 5.32 Å². The number of benzene rings is 2. The van der Waals surface area contributed by atoms with Gasteiger partial charge in [0.05, 0.1) is 21.4 Å². The maximum absolute atomic E-state index is 11.8. The van der Waals surface area contributed by atoms with Gasteiger partial charge in [0, 0.05) is 0 Å². The van der Waals surface area contributed by atoms with E-state index in [0.717, 1.165) is 0 Å². The van der Waals surface area contributed by atoms with E-state index in [9.17, 15) is 4.79 Å². The van der Waals surface area contributed by atoms with Crippen molar-refractivity contribution in [2.45, 2.75) is 0 Å². The summed E-state index contributed by atoms with van der Waals surface area (Å²) in [5, 5.41) is 3.45. The van der Waals surface area contributed by atoms with E-state index in [1.54, 1.807) is 42.5 Å². The fourth-order valence-electron chi connectivity index (χ4n) is 1.56. The largest absolute Gasteiger partial charge is 0.480 e. The zero-order chi connectivity index (χ0) is 14.5. The van der Waals surface area contributed by atoms with Gasteiger partial charge in [-0.3, -0.25) is 4.79 Å². The average molecular weight is 311 g/mol. The molecule has 0 aliphatic heterocycles. The minimum Gasteiger partial charge on any atom is -0.480 e. The minimum atomic E-state index is -0.350. The summed E-state index contributed by atoms with van der Waals surface area (Å²) in [5.41, 5.74) is 6.62. The van der Waals surface area contributed by atoms with Crippen LogP contribution in [0.5, 0.6) is 5.75 Å². The number of anilines is 2. The lowest BCUT2D eigenvalue weighted by Crippen LogP contribution is -2.20. The molecule has 0 unspecified atom stereocenters. The first-order valence-electron chi connectivity index (χ1n) is 5.79. The molecule has 0 saturated heterocycles. The number of carbonyl (C=O) groups excluding carboxylic acids is 1. The molecule has 20 heavy (non-hydrogen) atoms. The number of rotatable bonds is 4. The highest BCUT2D eigenvalue weighted by Crippen LogP contribution is 2.30. The Morgan fingerprint density at radius 1 is 1.10 bits per heavy atom. The molecule has 0 aromatic heterocycles. The van der Waals surface area contributed by atoms with Crippen LogP contribution in [0.15, 0.2) is 42.5 Å². The van der Waals surface area contributed by atoms with E-state index < -0.39 is 0 Å². The third-order valence-electron chi connectivity index (χ3n) is 2.49. The summed E-state index contributed by atoms with van der Waals surface area (Å²) in [6, 6.07) is 11.9. The Bertz CT molecular complexity index is 612. The predicted molar refractivity (Wildman–Crippen MR) is 81.4 cm³/mol. The second-order valence-corrected chi connectivity index (χ2v) is 4.79. The van der Waals surface area contributed by atoms with Crippen LogP contribution in [0.25, 0.3) is 0 Å². The van der Waals surface area contributed by atoms with Gasteiger partial charge in [-0.25, -0.2) is 0 Å². The van der Waals surface area contributed by atoms with Crippen molar-refractivity contribution in [1.82, 2.24) is 0 Å². The molecule has 0 atom stereocenters. The van der Waals surface area contributed by atoms with Crippen molar-refractivity contribution in [2.75, 3.05) is 17.7 Å². The summed E-state index contributed by atoms with van der Waals surface area (Å²) in [6.07, 6.45) is 0. The quantitative estimate of drug-likeness (QED) is 0.848. The number of ether oxygens (including phenoxy) is 1. The summed E-state index contributed by atoms with van der Waals surface area (Å²) in [6.45, 7) is -0.209. The van der Waals surface area contributed by atoms with Gasteiger partial charge in [0.15, 0.2) is 12.4 Å². The van der Waals surface area contributed by atoms with Crippen molar-refractivity contribution in [1.29, 1.82) is 0 Å². The lowest BCUT2D eigenvalue weighted by molar-refractivity contribution is -0.118. The maximum Gasteiger partial charge on any atom is 0.262 e. The van der Waals surface area contributed by atoms with Crippen LogP contribution in [0.1, 0.15) is 0 Å². The second-order valence-electron chi connectivity index (χ2n) is 3.97. The van der Waals surface area contributed by atoms with Gasteiger partial charge in [0.25, 0.3) is 5.91 Å². The molecule has 0 heterocycles. The highest BCUT2D eigenvalue weighted by Gasteiger charge is 2.10. The molecule has 6 heteroatoms. The molecule has 0 aliphatic carbocycles. The molecule has 0 radical (unpaired) electrons. The molecule has 0 bridgehead atoms. The Morgan fingerprint density at radius 2 is 1.80 bits per heavy atom. The number of nitrogens with two attached hydrogens (primary N) is 1. The SMILES string of the molecule is Nc1cccc(Cl)c1OCC(=O)Nc1ccccc1Cl. The predicted octanol–water partition coefficient (Wildman–Crippen LogP) is 3.59. The number of hydrogen-bond acceptors (Lipinski definition) is 3. The van der Waals surface area contributed by atoms with Crippen molar-refractivity contribution in [2.24, 2.45) is 0 Å². The Balaban J connectivity index is 1.98. The Labute approximate surface area is 126 Å². The average Bonchev–Trinajstić information content (AvgIpc) is 2.41. The maximum atomic E-state index is 11.8. The lowest BCUT2D eigenvalue weighted by atomic mass is 10.3. The van der Waals surface area contributed by atoms with Gasteiger partial charge in [0.1, 0.15) is 0 Å². The van der Waals surface area contributed by atoms with Crippen LogP contribution >= 0.6 is 23.2 Å². The molecule has 2 aromatic rings. The van der Waals surface area contributed by atoms with Crippen LogP contribution in [0.3, 0.4) is 0 Å². The lowest BCUT2D eigenvalue weighted by Gasteiger charge is -2.11. The standard InChI is InChI=1S/C14H12Cl2N2O2/c15-9-4-1-2-7-12(9)18-13(19)8-20-14-10(16)5-3-6-11(14)17/h1-7H,8,17H2,(H,18,19). The first kappa shape index (κ1) is 14.5. The molecular formula is C14H12Cl2N2O2. The van der Waals surface area contributed by atoms with Crippen molar-refractivity contribution in [3.8, 4) is 5.75 Å². The first-order valence-corrected chi connectivity index (χ1v) is 6.54. The van der Waals surface area contributed by atoms with Gasteiger partial charge in [0.2, 0.25) is 0 Å². The van der Waals surface area contributed by atoms with Crippen molar-refractivity contribution >= 4 is 40.5 Å². The third-order valence-corrected chi connectivity index (χ3v) is 3.12. The number of amides is 1. The van der Waals surface area contributed by atoms with Crippen LogP contribution in [0, 0.1) is 0 Å². The van der Waals surface area contributed by atoms with Gasteiger partial charge < -0.3 is 15.8 Å². The summed E-state index contributed by atoms with van der Waals surface area (Å²) < 4.78 is 5.33. The van der Waals surface area contributed by atoms with Gasteiger partial charge in [-0.2, -0.15) is 0 Å². The van der Waals surface area contributed by atoms with Crippen LogP contribution in [0.4, 0.5) is 11.4 Å². The van der Waals surface area contributed by atoms with Gasteiger partial charge in [-0.1, -0.05) is 41.4 Å². The fraction of sp³-hybridized carbons (Fsp3) is 0.0714. The van der Waals surface area contributed by atoms with Crippen molar-refractivity contribution in [3.05, 3.63) is 52.5 Å². The zero-order valence-electron chi connectivity index (χ0n) is 10.4. The van der Waals surface area contributed by atoms with Gasteiger partial charge in [-0.15, -0.1) is 0 Å². The molecule has 0 saturated carbocycles. The second kappa shape index (κ2) is 6.50. The highest BCUT2D eigenvalue weighted by molar-refractivity contribution is 6.33. The Morgan fingerprint density at radius 3 is 2.50 bits per heavy atom. The van der Waals surface area contributed by atoms with E-state index in [1.807, 2.05) is 0 Å². The number of carbonyl (C=O) groups is 1. The third kappa shape index (κ3) is 3.56. The molecule has 0 fully saturated rings. The van der Waals surface area contributed by atoms with E-state index >= 15 is 0 Å². The number of nitrogens with one attached hydrogen (secondary N) is 1. The summed E-state index contributed by atoms with van der Waals surface area (Å²) in [7, 11) is 0. The van der Waals surface area contributed by atoms with Gasteiger partial charge in [-0.05, 0) is 24.3 Å². The molecule has 2 aromatic carbocycles. The minimum absolute atomic E-state index is 0.209. The summed E-state index contributed by atoms with van der Waals surface area (Å²) >= 11 is 11.9. The smallest absolute Gasteiger partial charge is 0.262 e. The first-order chi connectivity index (χ1) is 9.58. The highest BCUT2D eigenvalue weighted by atomic mass is 35.5. The molecule has 104 valence electrons. The van der Waals surface area contributed by atoms with E-state index in [-0.39, 0.29) is 12.5 Å². The van der Waals surface area contributed by atoms with E-state index in [4.69, 9.17) is 33.7 Å². The molecule has 4 nitrogen and oxygen atoms in total. The van der Waals surface area contributed by atoms with E-state index in [0.29, 0.717) is 27.2 Å². The number of nitrogen functional groups attached to an aromatic ring is 1. The molecule has 0 spiro atoms. The van der Waals surface area contributed by atoms with Crippen molar-refractivity contribution in [3.63, 3.8) is 0 Å². The normalized spacial score (nSPS) is 10.1. The van der Waals surface area contributed by atoms with Crippen LogP contribution in [0.2, 0.25) is 10.0 Å². The Kier molecular flexibility index (Phi) is 4.71. The van der Waals surface area contributed by atoms with E-state index in [1.165, 1.54) is 0 Å². The topological polar surface area (TPSA) is 64.3 Å². The van der Waals surface area contributed by atoms with Crippen molar-refractivity contribution < 1.29 is 9.53 Å². The van der Waals surface area contributed by atoms with Gasteiger partial charge >= 0.3 is 0 Å². The van der Waals surface area contributed by atoms with Crippen LogP contribution in [-0.4, -0.2) is 12.5 Å². The number of halogens is 2.